The van der Waals surface area contributed by atoms with Crippen LogP contribution < -0.4 is 5.32 Å². The predicted molar refractivity (Wildman–Crippen MR) is 105 cm³/mol. The normalized spacial score (nSPS) is 17.2. The Morgan fingerprint density at radius 1 is 1.31 bits per heavy atom. The Bertz CT molecular complexity index is 722. The van der Waals surface area contributed by atoms with Crippen LogP contribution >= 0.6 is 15.9 Å². The van der Waals surface area contributed by atoms with Gasteiger partial charge in [-0.15, -0.1) is 10.2 Å². The van der Waals surface area contributed by atoms with Crippen molar-refractivity contribution < 1.29 is 4.79 Å². The lowest BCUT2D eigenvalue weighted by Crippen LogP contribution is -2.42. The lowest BCUT2D eigenvalue weighted by Gasteiger charge is -2.31. The van der Waals surface area contributed by atoms with Gasteiger partial charge in [-0.25, -0.2) is 0 Å². The van der Waals surface area contributed by atoms with Crippen molar-refractivity contribution in [3.63, 3.8) is 0 Å². The Morgan fingerprint density at radius 3 is 2.65 bits per heavy atom. The average Bonchev–Trinajstić information content (AvgIpc) is 3.11. The average molecular weight is 420 g/mol. The Balaban J connectivity index is 1.46. The van der Waals surface area contributed by atoms with Gasteiger partial charge in [0.05, 0.1) is 12.6 Å². The van der Waals surface area contributed by atoms with Crippen molar-refractivity contribution in [2.24, 2.45) is 0 Å². The molecule has 1 aromatic carbocycles. The lowest BCUT2D eigenvalue weighted by molar-refractivity contribution is -0.123. The molecule has 0 spiro atoms. The number of piperidine rings is 1. The van der Waals surface area contributed by atoms with Crippen molar-refractivity contribution >= 4 is 21.8 Å². The number of rotatable bonds is 6. The molecule has 1 amide bonds. The molecule has 1 N–H and O–H groups in total. The van der Waals surface area contributed by atoms with E-state index in [-0.39, 0.29) is 11.9 Å². The number of hydrogen-bond donors (Lipinski definition) is 1. The summed E-state index contributed by atoms with van der Waals surface area (Å²) >= 11 is 3.44. The quantitative estimate of drug-likeness (QED) is 0.780. The molecular formula is C19H26BrN5O. The highest BCUT2D eigenvalue weighted by molar-refractivity contribution is 9.10. The van der Waals surface area contributed by atoms with Gasteiger partial charge in [-0.1, -0.05) is 28.1 Å². The molecule has 6 nitrogen and oxygen atoms in total. The fourth-order valence-electron chi connectivity index (χ4n) is 3.50. The number of benzene rings is 1. The molecule has 7 heteroatoms. The summed E-state index contributed by atoms with van der Waals surface area (Å²) in [7, 11) is 0. The van der Waals surface area contributed by atoms with Gasteiger partial charge in [-0.3, -0.25) is 9.69 Å². The molecule has 0 saturated carbocycles. The highest BCUT2D eigenvalue weighted by atomic mass is 79.9. The van der Waals surface area contributed by atoms with E-state index in [0.29, 0.717) is 12.5 Å². The smallest absolute Gasteiger partial charge is 0.234 e. The molecule has 140 valence electrons. The summed E-state index contributed by atoms with van der Waals surface area (Å²) in [5, 5.41) is 11.4. The van der Waals surface area contributed by atoms with Gasteiger partial charge >= 0.3 is 0 Å². The summed E-state index contributed by atoms with van der Waals surface area (Å²) in [6.07, 6.45) is 3.85. The molecule has 1 aliphatic heterocycles. The number of aromatic nitrogens is 3. The van der Waals surface area contributed by atoms with Crippen molar-refractivity contribution in [2.45, 2.75) is 45.2 Å². The first-order valence-electron chi connectivity index (χ1n) is 9.21. The minimum atomic E-state index is 0.0104. The highest BCUT2D eigenvalue weighted by Crippen LogP contribution is 2.26. The standard InChI is InChI=1S/C19H26BrN5O/c1-3-25-13-21-23-19(25)16-8-10-24(11-9-16)12-18(26)22-14(2)15-4-6-17(20)7-5-15/h4-7,13-14,16H,3,8-12H2,1-2H3,(H,22,26)/t14-/m0/s1. The Hall–Kier alpha value is -1.73. The molecule has 2 aromatic rings. The second-order valence-corrected chi connectivity index (χ2v) is 7.78. The third-order valence-electron chi connectivity index (χ3n) is 5.05. The van der Waals surface area contributed by atoms with Crippen LogP contribution in [0.1, 0.15) is 50.0 Å². The number of nitrogens with one attached hydrogen (secondary N) is 1. The van der Waals surface area contributed by atoms with Crippen LogP contribution in [0.3, 0.4) is 0 Å². The van der Waals surface area contributed by atoms with E-state index in [4.69, 9.17) is 0 Å². The Labute approximate surface area is 163 Å². The van der Waals surface area contributed by atoms with E-state index in [1.165, 1.54) is 0 Å². The van der Waals surface area contributed by atoms with Gasteiger partial charge in [0.1, 0.15) is 12.2 Å². The molecule has 1 aliphatic rings. The van der Waals surface area contributed by atoms with Crippen molar-refractivity contribution in [1.29, 1.82) is 0 Å². The summed E-state index contributed by atoms with van der Waals surface area (Å²) in [6.45, 7) is 7.32. The summed E-state index contributed by atoms with van der Waals surface area (Å²) in [5.74, 6) is 1.61. The predicted octanol–water partition coefficient (Wildman–Crippen LogP) is 3.12. The molecule has 26 heavy (non-hydrogen) atoms. The number of hydrogen-bond acceptors (Lipinski definition) is 4. The van der Waals surface area contributed by atoms with Gasteiger partial charge in [0, 0.05) is 16.9 Å². The monoisotopic (exact) mass is 419 g/mol. The van der Waals surface area contributed by atoms with Crippen LogP contribution in [0, 0.1) is 0 Å². The SMILES string of the molecule is CCn1cnnc1C1CCN(CC(=O)N[C@@H](C)c2ccc(Br)cc2)CC1. The van der Waals surface area contributed by atoms with E-state index in [1.807, 2.05) is 31.2 Å². The number of nitrogens with zero attached hydrogens (tertiary/aromatic N) is 4. The van der Waals surface area contributed by atoms with E-state index >= 15 is 0 Å². The van der Waals surface area contributed by atoms with E-state index in [9.17, 15) is 4.79 Å². The first kappa shape index (κ1) is 19.0. The van der Waals surface area contributed by atoms with Crippen molar-refractivity contribution in [3.05, 3.63) is 46.5 Å². The molecule has 3 rings (SSSR count). The summed E-state index contributed by atoms with van der Waals surface area (Å²) in [6, 6.07) is 8.07. The third-order valence-corrected chi connectivity index (χ3v) is 5.58. The molecule has 0 radical (unpaired) electrons. The zero-order valence-corrected chi connectivity index (χ0v) is 16.9. The molecule has 1 saturated heterocycles. The van der Waals surface area contributed by atoms with Gasteiger partial charge < -0.3 is 9.88 Å². The van der Waals surface area contributed by atoms with E-state index < -0.39 is 0 Å². The number of likely N-dealkylation sites (tertiary alicyclic amines) is 1. The van der Waals surface area contributed by atoms with Crippen LogP contribution in [0.25, 0.3) is 0 Å². The molecule has 0 unspecified atom stereocenters. The van der Waals surface area contributed by atoms with E-state index in [2.05, 4.69) is 47.8 Å². The van der Waals surface area contributed by atoms with Crippen LogP contribution in [-0.4, -0.2) is 45.2 Å². The molecule has 1 aromatic heterocycles. The minimum Gasteiger partial charge on any atom is -0.348 e. The molecule has 1 atom stereocenters. The maximum Gasteiger partial charge on any atom is 0.234 e. The number of aryl methyl sites for hydroxylation is 1. The molecule has 1 fully saturated rings. The van der Waals surface area contributed by atoms with Gasteiger partial charge in [0.25, 0.3) is 0 Å². The maximum absolute atomic E-state index is 12.4. The fourth-order valence-corrected chi connectivity index (χ4v) is 3.76. The highest BCUT2D eigenvalue weighted by Gasteiger charge is 2.25. The van der Waals surface area contributed by atoms with Gasteiger partial charge in [-0.2, -0.15) is 0 Å². The zero-order chi connectivity index (χ0) is 18.5. The summed E-state index contributed by atoms with van der Waals surface area (Å²) < 4.78 is 3.16. The van der Waals surface area contributed by atoms with Gasteiger partial charge in [-0.05, 0) is 57.5 Å². The topological polar surface area (TPSA) is 63.1 Å². The molecule has 0 aliphatic carbocycles. The first-order chi connectivity index (χ1) is 12.6. The summed E-state index contributed by atoms with van der Waals surface area (Å²) in [4.78, 5) is 14.6. The third kappa shape index (κ3) is 4.71. The molecule has 0 bridgehead atoms. The van der Waals surface area contributed by atoms with Gasteiger partial charge in [0.2, 0.25) is 5.91 Å². The van der Waals surface area contributed by atoms with Crippen LogP contribution in [0.15, 0.2) is 35.1 Å². The number of carbonyl (C=O) groups is 1. The molecular weight excluding hydrogens is 394 g/mol. The van der Waals surface area contributed by atoms with Gasteiger partial charge in [0.15, 0.2) is 0 Å². The van der Waals surface area contributed by atoms with Crippen molar-refractivity contribution in [2.75, 3.05) is 19.6 Å². The zero-order valence-electron chi connectivity index (χ0n) is 15.4. The first-order valence-corrected chi connectivity index (χ1v) is 10.0. The Kier molecular flexibility index (Phi) is 6.43. The molecule has 2 heterocycles. The maximum atomic E-state index is 12.4. The van der Waals surface area contributed by atoms with Crippen LogP contribution in [0.4, 0.5) is 0 Å². The van der Waals surface area contributed by atoms with Crippen LogP contribution in [0.5, 0.6) is 0 Å². The van der Waals surface area contributed by atoms with E-state index in [0.717, 1.165) is 48.3 Å². The summed E-state index contributed by atoms with van der Waals surface area (Å²) in [5.41, 5.74) is 1.11. The largest absolute Gasteiger partial charge is 0.348 e. The number of halogens is 1. The van der Waals surface area contributed by atoms with Crippen molar-refractivity contribution in [3.8, 4) is 0 Å². The second-order valence-electron chi connectivity index (χ2n) is 6.87. The van der Waals surface area contributed by atoms with Crippen LogP contribution in [-0.2, 0) is 11.3 Å². The number of amides is 1. The second kappa shape index (κ2) is 8.77. The van der Waals surface area contributed by atoms with Crippen LogP contribution in [0.2, 0.25) is 0 Å². The van der Waals surface area contributed by atoms with Crippen molar-refractivity contribution in [1.82, 2.24) is 25.0 Å². The minimum absolute atomic E-state index is 0.0104. The fraction of sp³-hybridized carbons (Fsp3) is 0.526. The number of carbonyl (C=O) groups excluding carboxylic acids is 1. The lowest BCUT2D eigenvalue weighted by atomic mass is 9.96. The Morgan fingerprint density at radius 2 is 2.00 bits per heavy atom. The van der Waals surface area contributed by atoms with E-state index in [1.54, 1.807) is 6.33 Å².